The van der Waals surface area contributed by atoms with Crippen molar-refractivity contribution in [3.63, 3.8) is 0 Å². The second-order valence-corrected chi connectivity index (χ2v) is 6.54. The molecule has 2 amide bonds. The van der Waals surface area contributed by atoms with Crippen molar-refractivity contribution in [1.82, 2.24) is 15.5 Å². The number of nitrogens with one attached hydrogen (secondary N) is 2. The van der Waals surface area contributed by atoms with E-state index >= 15 is 0 Å². The lowest BCUT2D eigenvalue weighted by atomic mass is 9.74. The molecule has 0 spiro atoms. The minimum Gasteiger partial charge on any atom is -0.347 e. The highest BCUT2D eigenvalue weighted by atomic mass is 16.2. The van der Waals surface area contributed by atoms with Crippen molar-refractivity contribution in [2.45, 2.75) is 39.5 Å². The molecule has 0 aromatic rings. The minimum atomic E-state index is -0.418. The van der Waals surface area contributed by atoms with Gasteiger partial charge in [-0.25, -0.2) is 0 Å². The molecule has 0 radical (unpaired) electrons. The Morgan fingerprint density at radius 2 is 1.95 bits per heavy atom. The van der Waals surface area contributed by atoms with Gasteiger partial charge in [-0.15, -0.1) is 0 Å². The van der Waals surface area contributed by atoms with Crippen LogP contribution < -0.4 is 10.6 Å². The average Bonchev–Trinajstić information content (AvgIpc) is 2.99. The summed E-state index contributed by atoms with van der Waals surface area (Å²) in [4.78, 5) is 26.2. The molecule has 2 fully saturated rings. The summed E-state index contributed by atoms with van der Waals surface area (Å²) in [6.07, 6.45) is 4.36. The Morgan fingerprint density at radius 3 is 2.55 bits per heavy atom. The molecule has 2 aliphatic rings. The third-order valence-corrected chi connectivity index (χ3v) is 4.76. The summed E-state index contributed by atoms with van der Waals surface area (Å²) < 4.78 is 0. The second-order valence-electron chi connectivity index (χ2n) is 6.54. The maximum Gasteiger partial charge on any atom is 0.241 e. The van der Waals surface area contributed by atoms with Gasteiger partial charge in [0.1, 0.15) is 0 Å². The molecule has 2 rings (SSSR count). The van der Waals surface area contributed by atoms with Crippen LogP contribution >= 0.6 is 0 Å². The normalized spacial score (nSPS) is 23.7. The van der Waals surface area contributed by atoms with Gasteiger partial charge in [-0.05, 0) is 44.7 Å². The lowest BCUT2D eigenvalue weighted by Gasteiger charge is -2.36. The van der Waals surface area contributed by atoms with Gasteiger partial charge in [0.25, 0.3) is 0 Å². The van der Waals surface area contributed by atoms with E-state index in [9.17, 15) is 9.59 Å². The largest absolute Gasteiger partial charge is 0.347 e. The number of carbonyl (C=O) groups is 2. The van der Waals surface area contributed by atoms with Crippen LogP contribution in [-0.2, 0) is 9.59 Å². The van der Waals surface area contributed by atoms with Crippen LogP contribution in [-0.4, -0.2) is 49.4 Å². The van der Waals surface area contributed by atoms with E-state index in [0.29, 0.717) is 5.92 Å². The topological polar surface area (TPSA) is 61.4 Å². The van der Waals surface area contributed by atoms with Crippen molar-refractivity contribution < 1.29 is 9.59 Å². The predicted molar refractivity (Wildman–Crippen MR) is 78.2 cm³/mol. The summed E-state index contributed by atoms with van der Waals surface area (Å²) >= 11 is 0. The lowest BCUT2D eigenvalue weighted by molar-refractivity contribution is -0.137. The fourth-order valence-corrected chi connectivity index (χ4v) is 3.12. The van der Waals surface area contributed by atoms with Gasteiger partial charge in [-0.2, -0.15) is 0 Å². The van der Waals surface area contributed by atoms with Gasteiger partial charge >= 0.3 is 0 Å². The third kappa shape index (κ3) is 3.51. The van der Waals surface area contributed by atoms with E-state index in [1.165, 1.54) is 0 Å². The van der Waals surface area contributed by atoms with E-state index in [4.69, 9.17) is 0 Å². The highest BCUT2D eigenvalue weighted by molar-refractivity contribution is 5.87. The first-order valence-corrected chi connectivity index (χ1v) is 7.78. The molecule has 0 saturated carbocycles. The fourth-order valence-electron chi connectivity index (χ4n) is 3.12. The van der Waals surface area contributed by atoms with E-state index in [2.05, 4.69) is 10.6 Å². The van der Waals surface area contributed by atoms with Crippen LogP contribution in [0, 0.1) is 11.3 Å². The van der Waals surface area contributed by atoms with Crippen LogP contribution in [0.25, 0.3) is 0 Å². The van der Waals surface area contributed by atoms with E-state index in [0.717, 1.165) is 51.9 Å². The molecule has 20 heavy (non-hydrogen) atoms. The molecule has 0 aromatic carbocycles. The number of likely N-dealkylation sites (tertiary alicyclic amines) is 1. The third-order valence-electron chi connectivity index (χ3n) is 4.76. The first kappa shape index (κ1) is 15.3. The molecule has 0 aromatic heterocycles. The summed E-state index contributed by atoms with van der Waals surface area (Å²) in [5, 5.41) is 6.19. The van der Waals surface area contributed by atoms with E-state index in [-0.39, 0.29) is 18.4 Å². The van der Waals surface area contributed by atoms with E-state index in [1.54, 1.807) is 0 Å². The molecule has 5 nitrogen and oxygen atoms in total. The van der Waals surface area contributed by atoms with Crippen LogP contribution in [0.15, 0.2) is 0 Å². The van der Waals surface area contributed by atoms with Crippen LogP contribution in [0.2, 0.25) is 0 Å². The molecule has 5 heteroatoms. The fraction of sp³-hybridized carbons (Fsp3) is 0.867. The summed E-state index contributed by atoms with van der Waals surface area (Å²) in [6.45, 7) is 7.72. The van der Waals surface area contributed by atoms with Gasteiger partial charge < -0.3 is 15.5 Å². The molecule has 0 aliphatic carbocycles. The van der Waals surface area contributed by atoms with Gasteiger partial charge in [0.05, 0.1) is 6.54 Å². The Morgan fingerprint density at radius 1 is 1.25 bits per heavy atom. The summed E-state index contributed by atoms with van der Waals surface area (Å²) in [6, 6.07) is 0. The van der Waals surface area contributed by atoms with Gasteiger partial charge in [0.2, 0.25) is 11.8 Å². The van der Waals surface area contributed by atoms with E-state index < -0.39 is 5.41 Å². The predicted octanol–water partition coefficient (Wildman–Crippen LogP) is 0.751. The Hall–Kier alpha value is -1.10. The molecule has 2 N–H and O–H groups in total. The number of rotatable bonds is 4. The molecule has 1 unspecified atom stereocenters. The smallest absolute Gasteiger partial charge is 0.241 e. The zero-order chi connectivity index (χ0) is 14.6. The molecule has 114 valence electrons. The van der Waals surface area contributed by atoms with Gasteiger partial charge in [0.15, 0.2) is 0 Å². The van der Waals surface area contributed by atoms with Crippen LogP contribution in [0.1, 0.15) is 39.5 Å². The van der Waals surface area contributed by atoms with E-state index in [1.807, 2.05) is 18.7 Å². The molecule has 2 aliphatic heterocycles. The highest BCUT2D eigenvalue weighted by Gasteiger charge is 2.37. The Bertz CT molecular complexity index is 356. The molecule has 1 atom stereocenters. The average molecular weight is 281 g/mol. The number of carbonyl (C=O) groups excluding carboxylic acids is 2. The number of hydrogen-bond acceptors (Lipinski definition) is 3. The van der Waals surface area contributed by atoms with Crippen molar-refractivity contribution in [2.24, 2.45) is 11.3 Å². The Labute approximate surface area is 121 Å². The molecule has 2 heterocycles. The monoisotopic (exact) mass is 281 g/mol. The quantitative estimate of drug-likeness (QED) is 0.799. The van der Waals surface area contributed by atoms with Gasteiger partial charge in [-0.1, -0.05) is 13.8 Å². The van der Waals surface area contributed by atoms with Crippen LogP contribution in [0.4, 0.5) is 0 Å². The van der Waals surface area contributed by atoms with Crippen LogP contribution in [0.5, 0.6) is 0 Å². The summed E-state index contributed by atoms with van der Waals surface area (Å²) in [5.74, 6) is 0.394. The first-order chi connectivity index (χ1) is 9.51. The highest BCUT2D eigenvalue weighted by Crippen LogP contribution is 2.31. The zero-order valence-corrected chi connectivity index (χ0v) is 12.7. The SMILES string of the molecule is CC(C)(C(=O)NCC(=O)N1CCCC1)C1CCCNC1. The Balaban J connectivity index is 1.81. The van der Waals surface area contributed by atoms with Crippen molar-refractivity contribution in [3.8, 4) is 0 Å². The summed E-state index contributed by atoms with van der Waals surface area (Å²) in [5.41, 5.74) is -0.418. The molecular formula is C15H27N3O2. The second kappa shape index (κ2) is 6.57. The number of amides is 2. The number of hydrogen-bond donors (Lipinski definition) is 2. The van der Waals surface area contributed by atoms with Crippen LogP contribution in [0.3, 0.4) is 0 Å². The van der Waals surface area contributed by atoms with Crippen molar-refractivity contribution in [3.05, 3.63) is 0 Å². The van der Waals surface area contributed by atoms with Crippen molar-refractivity contribution in [2.75, 3.05) is 32.7 Å². The Kier molecular flexibility index (Phi) is 5.02. The first-order valence-electron chi connectivity index (χ1n) is 7.78. The van der Waals surface area contributed by atoms with Crippen molar-refractivity contribution >= 4 is 11.8 Å². The number of piperidine rings is 1. The molecular weight excluding hydrogens is 254 g/mol. The maximum absolute atomic E-state index is 12.4. The number of nitrogens with zero attached hydrogens (tertiary/aromatic N) is 1. The standard InChI is InChI=1S/C15H27N3O2/c1-15(2,12-6-5-7-16-10-12)14(20)17-11-13(19)18-8-3-4-9-18/h12,16H,3-11H2,1-2H3,(H,17,20). The van der Waals surface area contributed by atoms with Gasteiger partial charge in [-0.3, -0.25) is 9.59 Å². The zero-order valence-electron chi connectivity index (χ0n) is 12.7. The summed E-state index contributed by atoms with van der Waals surface area (Å²) in [7, 11) is 0. The lowest BCUT2D eigenvalue weighted by Crippen LogP contribution is -2.49. The van der Waals surface area contributed by atoms with Crippen molar-refractivity contribution in [1.29, 1.82) is 0 Å². The minimum absolute atomic E-state index is 0.00116. The maximum atomic E-state index is 12.4. The van der Waals surface area contributed by atoms with Gasteiger partial charge in [0, 0.05) is 18.5 Å². The molecule has 0 bridgehead atoms. The molecule has 2 saturated heterocycles.